The third kappa shape index (κ3) is 3.70. The van der Waals surface area contributed by atoms with Gasteiger partial charge in [-0.2, -0.15) is 18.4 Å². The first-order valence-corrected chi connectivity index (χ1v) is 8.07. The molecule has 0 heterocycles. The van der Waals surface area contributed by atoms with Crippen LogP contribution in [0.3, 0.4) is 0 Å². The Hall–Kier alpha value is -2.14. The van der Waals surface area contributed by atoms with Gasteiger partial charge in [-0.3, -0.25) is 0 Å². The molecule has 0 aliphatic rings. The van der Waals surface area contributed by atoms with Crippen molar-refractivity contribution in [1.29, 1.82) is 0 Å². The zero-order valence-corrected chi connectivity index (χ0v) is 13.1. The molecule has 0 saturated carbocycles. The molecule has 110 valence electrons. The Balaban J connectivity index is 2.22. The maximum atomic E-state index is 12.1. The summed E-state index contributed by atoms with van der Waals surface area (Å²) < 4.78 is 24.1. The van der Waals surface area contributed by atoms with E-state index < -0.39 is 10.0 Å². The molecule has 0 aliphatic heterocycles. The molecule has 0 aliphatic carbocycles. The van der Waals surface area contributed by atoms with Crippen LogP contribution in [0.1, 0.15) is 23.6 Å². The SMILES string of the molecule is C/C(=N/NS(=O)(=O)c1ccccc1)c1ccc(C)c(C)c1. The molecular formula is C16H18N2O2S. The molecule has 2 aromatic rings. The van der Waals surface area contributed by atoms with Crippen molar-refractivity contribution in [3.8, 4) is 0 Å². The molecule has 4 nitrogen and oxygen atoms in total. The van der Waals surface area contributed by atoms with Gasteiger partial charge in [0.1, 0.15) is 0 Å². The van der Waals surface area contributed by atoms with E-state index in [0.29, 0.717) is 5.71 Å². The summed E-state index contributed by atoms with van der Waals surface area (Å²) in [6, 6.07) is 14.1. The fraction of sp³-hybridized carbons (Fsp3) is 0.188. The van der Waals surface area contributed by atoms with Gasteiger partial charge in [-0.1, -0.05) is 30.3 Å². The maximum Gasteiger partial charge on any atom is 0.276 e. The quantitative estimate of drug-likeness (QED) is 0.697. The average Bonchev–Trinajstić information content (AvgIpc) is 2.48. The number of hydrogen-bond acceptors (Lipinski definition) is 3. The molecule has 0 radical (unpaired) electrons. The van der Waals surface area contributed by atoms with Gasteiger partial charge in [0.25, 0.3) is 10.0 Å². The van der Waals surface area contributed by atoms with Gasteiger partial charge in [0, 0.05) is 0 Å². The molecule has 0 bridgehead atoms. The molecule has 2 rings (SSSR count). The molecular weight excluding hydrogens is 284 g/mol. The molecule has 5 heteroatoms. The third-order valence-electron chi connectivity index (χ3n) is 3.31. The van der Waals surface area contributed by atoms with E-state index in [1.807, 2.05) is 32.0 Å². The third-order valence-corrected chi connectivity index (χ3v) is 4.54. The molecule has 1 N–H and O–H groups in total. The summed E-state index contributed by atoms with van der Waals surface area (Å²) in [5.41, 5.74) is 3.86. The fourth-order valence-electron chi connectivity index (χ4n) is 1.81. The van der Waals surface area contributed by atoms with E-state index in [0.717, 1.165) is 11.1 Å². The topological polar surface area (TPSA) is 58.5 Å². The number of benzene rings is 2. The van der Waals surface area contributed by atoms with E-state index in [2.05, 4.69) is 9.93 Å². The molecule has 0 fully saturated rings. The number of sulfonamides is 1. The van der Waals surface area contributed by atoms with Crippen LogP contribution in [0.5, 0.6) is 0 Å². The van der Waals surface area contributed by atoms with Gasteiger partial charge < -0.3 is 0 Å². The van der Waals surface area contributed by atoms with E-state index in [4.69, 9.17) is 0 Å². The molecule has 0 saturated heterocycles. The highest BCUT2D eigenvalue weighted by atomic mass is 32.2. The number of rotatable bonds is 4. The lowest BCUT2D eigenvalue weighted by molar-refractivity contribution is 0.584. The van der Waals surface area contributed by atoms with E-state index in [9.17, 15) is 8.42 Å². The van der Waals surface area contributed by atoms with Crippen molar-refractivity contribution >= 4 is 15.7 Å². The normalized spacial score (nSPS) is 12.2. The monoisotopic (exact) mass is 302 g/mol. The van der Waals surface area contributed by atoms with Crippen LogP contribution in [0.2, 0.25) is 0 Å². The minimum Gasteiger partial charge on any atom is -0.200 e. The summed E-state index contributed by atoms with van der Waals surface area (Å²) in [7, 11) is -3.62. The smallest absolute Gasteiger partial charge is 0.200 e. The van der Waals surface area contributed by atoms with Crippen LogP contribution >= 0.6 is 0 Å². The van der Waals surface area contributed by atoms with Crippen molar-refractivity contribution < 1.29 is 8.42 Å². The molecule has 0 amide bonds. The lowest BCUT2D eigenvalue weighted by Gasteiger charge is -2.07. The molecule has 21 heavy (non-hydrogen) atoms. The standard InChI is InChI=1S/C16H18N2O2S/c1-12-9-10-15(11-13(12)2)14(3)17-18-21(19,20)16-7-5-4-6-8-16/h4-11,18H,1-3H3/b17-14-. The highest BCUT2D eigenvalue weighted by Crippen LogP contribution is 2.11. The second kappa shape index (κ2) is 6.10. The summed E-state index contributed by atoms with van der Waals surface area (Å²) in [4.78, 5) is 2.46. The van der Waals surface area contributed by atoms with Gasteiger partial charge in [0.05, 0.1) is 10.6 Å². The molecule has 2 aromatic carbocycles. The van der Waals surface area contributed by atoms with Crippen LogP contribution in [-0.4, -0.2) is 14.1 Å². The van der Waals surface area contributed by atoms with Crippen LogP contribution in [0.25, 0.3) is 0 Å². The van der Waals surface area contributed by atoms with Gasteiger partial charge >= 0.3 is 0 Å². The predicted molar refractivity (Wildman–Crippen MR) is 84.9 cm³/mol. The molecule has 0 spiro atoms. The van der Waals surface area contributed by atoms with Crippen molar-refractivity contribution in [2.75, 3.05) is 0 Å². The lowest BCUT2D eigenvalue weighted by Crippen LogP contribution is -2.19. The van der Waals surface area contributed by atoms with Gasteiger partial charge in [-0.15, -0.1) is 0 Å². The van der Waals surface area contributed by atoms with Crippen molar-refractivity contribution in [3.05, 3.63) is 65.2 Å². The van der Waals surface area contributed by atoms with E-state index >= 15 is 0 Å². The minimum atomic E-state index is -3.62. The van der Waals surface area contributed by atoms with Crippen molar-refractivity contribution in [2.24, 2.45) is 5.10 Å². The van der Waals surface area contributed by atoms with Gasteiger partial charge in [-0.05, 0) is 55.7 Å². The predicted octanol–water partition coefficient (Wildman–Crippen LogP) is 3.01. The highest BCUT2D eigenvalue weighted by Gasteiger charge is 2.12. The Morgan fingerprint density at radius 2 is 1.67 bits per heavy atom. The molecule has 0 unspecified atom stereocenters. The average molecular weight is 302 g/mol. The van der Waals surface area contributed by atoms with Crippen molar-refractivity contribution in [2.45, 2.75) is 25.7 Å². The van der Waals surface area contributed by atoms with Crippen molar-refractivity contribution in [1.82, 2.24) is 4.83 Å². The first-order valence-electron chi connectivity index (χ1n) is 6.59. The zero-order valence-electron chi connectivity index (χ0n) is 12.3. The Morgan fingerprint density at radius 1 is 1.00 bits per heavy atom. The second-order valence-corrected chi connectivity index (χ2v) is 6.56. The van der Waals surface area contributed by atoms with Crippen LogP contribution in [0.15, 0.2) is 58.5 Å². The number of nitrogens with zero attached hydrogens (tertiary/aromatic N) is 1. The summed E-state index contributed by atoms with van der Waals surface area (Å²) >= 11 is 0. The number of aryl methyl sites for hydroxylation is 2. The Kier molecular flexibility index (Phi) is 4.43. The summed E-state index contributed by atoms with van der Waals surface area (Å²) in [6.07, 6.45) is 0. The van der Waals surface area contributed by atoms with Gasteiger partial charge in [-0.25, -0.2) is 0 Å². The Morgan fingerprint density at radius 3 is 2.29 bits per heavy atom. The Labute approximate surface area is 125 Å². The number of hydrogen-bond donors (Lipinski definition) is 1. The summed E-state index contributed by atoms with van der Waals surface area (Å²) in [5, 5.41) is 3.99. The van der Waals surface area contributed by atoms with Crippen LogP contribution in [0, 0.1) is 13.8 Å². The van der Waals surface area contributed by atoms with E-state index in [1.165, 1.54) is 17.7 Å². The lowest BCUT2D eigenvalue weighted by atomic mass is 10.0. The maximum absolute atomic E-state index is 12.1. The fourth-order valence-corrected chi connectivity index (χ4v) is 2.69. The van der Waals surface area contributed by atoms with E-state index in [1.54, 1.807) is 25.1 Å². The number of hydrazone groups is 1. The summed E-state index contributed by atoms with van der Waals surface area (Å²) in [5.74, 6) is 0. The zero-order chi connectivity index (χ0) is 15.5. The van der Waals surface area contributed by atoms with E-state index in [-0.39, 0.29) is 4.90 Å². The van der Waals surface area contributed by atoms with Crippen molar-refractivity contribution in [3.63, 3.8) is 0 Å². The molecule has 0 aromatic heterocycles. The molecule has 0 atom stereocenters. The van der Waals surface area contributed by atoms with Crippen LogP contribution < -0.4 is 4.83 Å². The van der Waals surface area contributed by atoms with Crippen LogP contribution in [0.4, 0.5) is 0 Å². The first kappa shape index (κ1) is 15.3. The number of nitrogens with one attached hydrogen (secondary N) is 1. The second-order valence-electron chi connectivity index (χ2n) is 4.90. The largest absolute Gasteiger partial charge is 0.276 e. The minimum absolute atomic E-state index is 0.196. The first-order chi connectivity index (χ1) is 9.90. The van der Waals surface area contributed by atoms with Gasteiger partial charge in [0.15, 0.2) is 0 Å². The summed E-state index contributed by atoms with van der Waals surface area (Å²) in [6.45, 7) is 5.82. The Bertz CT molecular complexity index is 766. The van der Waals surface area contributed by atoms with Crippen LogP contribution in [-0.2, 0) is 10.0 Å². The highest BCUT2D eigenvalue weighted by molar-refractivity contribution is 7.89. The van der Waals surface area contributed by atoms with Gasteiger partial charge in [0.2, 0.25) is 0 Å².